The van der Waals surface area contributed by atoms with E-state index in [2.05, 4.69) is 31.0 Å². The maximum Gasteiger partial charge on any atom is 0.246 e. The summed E-state index contributed by atoms with van der Waals surface area (Å²) in [5, 5.41) is 3.08. The Balaban J connectivity index is 1.47. The lowest BCUT2D eigenvalue weighted by Crippen LogP contribution is -2.73. The molecule has 8 nitrogen and oxygen atoms in total. The lowest BCUT2D eigenvalue weighted by atomic mass is 9.80. The van der Waals surface area contributed by atoms with Gasteiger partial charge >= 0.3 is 0 Å². The van der Waals surface area contributed by atoms with Crippen LogP contribution in [0.25, 0.3) is 0 Å². The van der Waals surface area contributed by atoms with Gasteiger partial charge in [0.05, 0.1) is 7.11 Å². The topological polar surface area (TPSA) is 80.3 Å². The number of fused-ring (bicyclic) bond motifs is 1. The van der Waals surface area contributed by atoms with E-state index in [1.54, 1.807) is 7.11 Å². The van der Waals surface area contributed by atoms with E-state index in [1.165, 1.54) is 0 Å². The van der Waals surface area contributed by atoms with E-state index in [-0.39, 0.29) is 18.6 Å². The molecule has 0 unspecified atom stereocenters. The number of ether oxygens (including phenoxy) is 3. The van der Waals surface area contributed by atoms with Gasteiger partial charge in [-0.05, 0) is 49.3 Å². The third kappa shape index (κ3) is 4.63. The van der Waals surface area contributed by atoms with E-state index in [0.29, 0.717) is 49.0 Å². The molecule has 1 spiro atoms. The summed E-state index contributed by atoms with van der Waals surface area (Å²) in [6.07, 6.45) is 3.88. The largest absolute Gasteiger partial charge is 0.493 e. The summed E-state index contributed by atoms with van der Waals surface area (Å²) in [6, 6.07) is 3.58. The Kier molecular flexibility index (Phi) is 7.02. The summed E-state index contributed by atoms with van der Waals surface area (Å²) < 4.78 is 16.5. The number of nitrogens with one attached hydrogen (secondary N) is 1. The smallest absolute Gasteiger partial charge is 0.246 e. The molecule has 2 amide bonds. The van der Waals surface area contributed by atoms with Crippen molar-refractivity contribution in [1.29, 1.82) is 0 Å². The standard InChI is InChI=1S/C25H37N3O5/c1-5-6-9-28-23(29)19(12-17(2)3)26-24(30)25(28)7-10-27(11-8-25)15-18-13-20(31-4)22-21(14-18)32-16-33-22/h13-14,17,19H,5-12,15-16H2,1-4H3,(H,26,30)/t19-/m0/s1. The van der Waals surface area contributed by atoms with E-state index in [0.717, 1.165) is 38.0 Å². The highest BCUT2D eigenvalue weighted by atomic mass is 16.7. The van der Waals surface area contributed by atoms with Crippen molar-refractivity contribution >= 4 is 11.8 Å². The minimum atomic E-state index is -0.733. The molecular weight excluding hydrogens is 422 g/mol. The maximum absolute atomic E-state index is 13.4. The van der Waals surface area contributed by atoms with Crippen molar-refractivity contribution in [2.45, 2.75) is 71.0 Å². The number of carbonyl (C=O) groups is 2. The highest BCUT2D eigenvalue weighted by Crippen LogP contribution is 2.42. The predicted octanol–water partition coefficient (Wildman–Crippen LogP) is 2.93. The zero-order valence-corrected chi connectivity index (χ0v) is 20.3. The van der Waals surface area contributed by atoms with Gasteiger partial charge in [0.25, 0.3) is 0 Å². The van der Waals surface area contributed by atoms with Crippen molar-refractivity contribution in [2.24, 2.45) is 5.92 Å². The van der Waals surface area contributed by atoms with Gasteiger partial charge in [0.2, 0.25) is 24.4 Å². The van der Waals surface area contributed by atoms with E-state index in [1.807, 2.05) is 17.0 Å². The minimum Gasteiger partial charge on any atom is -0.493 e. The molecule has 3 aliphatic heterocycles. The Bertz CT molecular complexity index is 879. The van der Waals surface area contributed by atoms with Gasteiger partial charge in [-0.15, -0.1) is 0 Å². The van der Waals surface area contributed by atoms with Crippen LogP contribution in [0.3, 0.4) is 0 Å². The third-order valence-electron chi connectivity index (χ3n) is 7.06. The molecule has 4 rings (SSSR count). The summed E-state index contributed by atoms with van der Waals surface area (Å²) >= 11 is 0. The first-order valence-electron chi connectivity index (χ1n) is 12.2. The Labute approximate surface area is 196 Å². The molecule has 2 fully saturated rings. The molecule has 0 aromatic heterocycles. The van der Waals surface area contributed by atoms with Gasteiger partial charge in [0.1, 0.15) is 11.6 Å². The molecule has 0 radical (unpaired) electrons. The number of likely N-dealkylation sites (tertiary alicyclic amines) is 1. The molecule has 3 heterocycles. The van der Waals surface area contributed by atoms with Crippen LogP contribution in [0.5, 0.6) is 17.2 Å². The second-order valence-electron chi connectivity index (χ2n) is 9.84. The highest BCUT2D eigenvalue weighted by Gasteiger charge is 2.53. The van der Waals surface area contributed by atoms with Crippen molar-refractivity contribution in [3.05, 3.63) is 17.7 Å². The Morgan fingerprint density at radius 2 is 1.97 bits per heavy atom. The third-order valence-corrected chi connectivity index (χ3v) is 7.06. The van der Waals surface area contributed by atoms with E-state index in [4.69, 9.17) is 14.2 Å². The van der Waals surface area contributed by atoms with Crippen molar-refractivity contribution in [1.82, 2.24) is 15.1 Å². The van der Waals surface area contributed by atoms with Gasteiger partial charge in [0, 0.05) is 26.2 Å². The van der Waals surface area contributed by atoms with Crippen LogP contribution in [-0.2, 0) is 16.1 Å². The van der Waals surface area contributed by atoms with Crippen molar-refractivity contribution in [2.75, 3.05) is 33.5 Å². The lowest BCUT2D eigenvalue weighted by Gasteiger charge is -2.52. The summed E-state index contributed by atoms with van der Waals surface area (Å²) in [7, 11) is 1.63. The molecule has 33 heavy (non-hydrogen) atoms. The lowest BCUT2D eigenvalue weighted by molar-refractivity contribution is -0.161. The summed E-state index contributed by atoms with van der Waals surface area (Å²) in [4.78, 5) is 31.0. The maximum atomic E-state index is 13.4. The first-order chi connectivity index (χ1) is 15.9. The second-order valence-corrected chi connectivity index (χ2v) is 9.84. The molecule has 2 saturated heterocycles. The number of piperidine rings is 1. The fraction of sp³-hybridized carbons (Fsp3) is 0.680. The number of hydrogen-bond donors (Lipinski definition) is 1. The van der Waals surface area contributed by atoms with Crippen LogP contribution in [0.2, 0.25) is 0 Å². The summed E-state index contributed by atoms with van der Waals surface area (Å²) in [5.74, 6) is 2.49. The van der Waals surface area contributed by atoms with Crippen LogP contribution in [0.1, 0.15) is 58.4 Å². The van der Waals surface area contributed by atoms with Crippen molar-refractivity contribution in [3.8, 4) is 17.2 Å². The quantitative estimate of drug-likeness (QED) is 0.644. The van der Waals surface area contributed by atoms with Crippen LogP contribution in [0.4, 0.5) is 0 Å². The Morgan fingerprint density at radius 1 is 1.21 bits per heavy atom. The highest BCUT2D eigenvalue weighted by molar-refractivity contribution is 6.00. The molecular formula is C25H37N3O5. The normalized spacial score (nSPS) is 22.2. The number of rotatable bonds is 8. The molecule has 1 aromatic rings. The van der Waals surface area contributed by atoms with Crippen LogP contribution < -0.4 is 19.5 Å². The predicted molar refractivity (Wildman–Crippen MR) is 124 cm³/mol. The van der Waals surface area contributed by atoms with Gasteiger partial charge in [-0.3, -0.25) is 14.5 Å². The fourth-order valence-electron chi connectivity index (χ4n) is 5.26. The second kappa shape index (κ2) is 9.79. The number of methoxy groups -OCH3 is 1. The van der Waals surface area contributed by atoms with Crippen LogP contribution in [0.15, 0.2) is 12.1 Å². The number of amides is 2. The summed E-state index contributed by atoms with van der Waals surface area (Å²) in [5.41, 5.74) is 0.346. The summed E-state index contributed by atoms with van der Waals surface area (Å²) in [6.45, 7) is 9.36. The van der Waals surface area contributed by atoms with Gasteiger partial charge in [-0.1, -0.05) is 27.2 Å². The number of benzene rings is 1. The van der Waals surface area contributed by atoms with E-state index < -0.39 is 11.6 Å². The molecule has 0 bridgehead atoms. The number of piperazine rings is 1. The zero-order valence-electron chi connectivity index (χ0n) is 20.3. The van der Waals surface area contributed by atoms with Crippen LogP contribution in [0, 0.1) is 5.92 Å². The van der Waals surface area contributed by atoms with Gasteiger partial charge < -0.3 is 24.4 Å². The van der Waals surface area contributed by atoms with Crippen LogP contribution in [-0.4, -0.2) is 66.7 Å². The number of unbranched alkanes of at least 4 members (excludes halogenated alkanes) is 1. The molecule has 1 atom stereocenters. The number of nitrogens with zero attached hydrogens (tertiary/aromatic N) is 2. The molecule has 1 N–H and O–H groups in total. The monoisotopic (exact) mass is 459 g/mol. The Morgan fingerprint density at radius 3 is 2.64 bits per heavy atom. The van der Waals surface area contributed by atoms with Gasteiger partial charge in [-0.25, -0.2) is 0 Å². The SMILES string of the molecule is CCCCN1C(=O)[C@H](CC(C)C)NC(=O)C12CCN(Cc1cc(OC)c3c(c1)OCO3)CC2. The number of carbonyl (C=O) groups excluding carboxylic acids is 2. The van der Waals surface area contributed by atoms with Crippen LogP contribution >= 0.6 is 0 Å². The first-order valence-corrected chi connectivity index (χ1v) is 12.2. The Hall–Kier alpha value is -2.48. The molecule has 1 aromatic carbocycles. The minimum absolute atomic E-state index is 0.0215. The van der Waals surface area contributed by atoms with Gasteiger partial charge in [0.15, 0.2) is 11.5 Å². The average Bonchev–Trinajstić information content (AvgIpc) is 3.27. The molecule has 182 valence electrons. The number of hydrogen-bond acceptors (Lipinski definition) is 6. The molecule has 3 aliphatic rings. The molecule has 0 aliphatic carbocycles. The molecule has 0 saturated carbocycles. The van der Waals surface area contributed by atoms with Crippen molar-refractivity contribution < 1.29 is 23.8 Å². The fourth-order valence-corrected chi connectivity index (χ4v) is 5.26. The van der Waals surface area contributed by atoms with E-state index >= 15 is 0 Å². The zero-order chi connectivity index (χ0) is 23.6. The van der Waals surface area contributed by atoms with Crippen molar-refractivity contribution in [3.63, 3.8) is 0 Å². The van der Waals surface area contributed by atoms with Gasteiger partial charge in [-0.2, -0.15) is 0 Å². The molecule has 8 heteroatoms. The average molecular weight is 460 g/mol. The van der Waals surface area contributed by atoms with E-state index in [9.17, 15) is 9.59 Å². The first kappa shape index (κ1) is 23.7.